The Hall–Kier alpha value is -3.38. The van der Waals surface area contributed by atoms with E-state index in [1.165, 1.54) is 5.06 Å². The number of carbonyl (C=O) groups excluding carboxylic acids is 2. The highest BCUT2D eigenvalue weighted by molar-refractivity contribution is 5.86. The number of rotatable bonds is 12. The van der Waals surface area contributed by atoms with Crippen molar-refractivity contribution in [2.75, 3.05) is 6.54 Å². The lowest BCUT2D eigenvalue weighted by molar-refractivity contribution is -0.179. The fraction of sp³-hybridized carbons (Fsp3) is 0.308. The zero-order valence-electron chi connectivity index (χ0n) is 18.5. The molecule has 3 aromatic carbocycles. The fourth-order valence-electron chi connectivity index (χ4n) is 3.59. The van der Waals surface area contributed by atoms with Crippen LogP contribution in [0.4, 0.5) is 4.79 Å². The van der Waals surface area contributed by atoms with Crippen molar-refractivity contribution in [3.05, 3.63) is 83.9 Å². The molecule has 0 bridgehead atoms. The van der Waals surface area contributed by atoms with Gasteiger partial charge < -0.3 is 10.6 Å². The van der Waals surface area contributed by atoms with Gasteiger partial charge in [0.15, 0.2) is 0 Å². The molecule has 1 atom stereocenters. The zero-order chi connectivity index (χ0) is 22.6. The Labute approximate surface area is 189 Å². The van der Waals surface area contributed by atoms with Gasteiger partial charge in [-0.3, -0.25) is 9.63 Å². The monoisotopic (exact) mass is 433 g/mol. The molecular formula is C26H31N3O3. The first-order valence-electron chi connectivity index (χ1n) is 11.1. The lowest BCUT2D eigenvalue weighted by atomic mass is 10.0. The predicted octanol–water partition coefficient (Wildman–Crippen LogP) is 4.79. The Kier molecular flexibility index (Phi) is 9.07. The third-order valence-corrected chi connectivity index (χ3v) is 5.32. The third-order valence-electron chi connectivity index (χ3n) is 5.32. The van der Waals surface area contributed by atoms with Crippen LogP contribution in [0.5, 0.6) is 0 Å². The Bertz CT molecular complexity index is 989. The Morgan fingerprint density at radius 3 is 2.56 bits per heavy atom. The first-order valence-corrected chi connectivity index (χ1v) is 11.1. The average Bonchev–Trinajstić information content (AvgIpc) is 2.84. The normalized spacial score (nSPS) is 11.7. The lowest BCUT2D eigenvalue weighted by Gasteiger charge is -2.25. The number of hydroxylamine groups is 2. The highest BCUT2D eigenvalue weighted by Crippen LogP contribution is 2.18. The molecule has 6 heteroatoms. The van der Waals surface area contributed by atoms with Gasteiger partial charge in [0.25, 0.3) is 0 Å². The summed E-state index contributed by atoms with van der Waals surface area (Å²) in [4.78, 5) is 29.8. The van der Waals surface area contributed by atoms with Gasteiger partial charge in [-0.1, -0.05) is 92.6 Å². The van der Waals surface area contributed by atoms with E-state index in [1.54, 1.807) is 0 Å². The highest BCUT2D eigenvalue weighted by Gasteiger charge is 2.16. The summed E-state index contributed by atoms with van der Waals surface area (Å²) in [5, 5.41) is 9.48. The average molecular weight is 434 g/mol. The van der Waals surface area contributed by atoms with E-state index < -0.39 is 0 Å². The summed E-state index contributed by atoms with van der Waals surface area (Å²) in [5.74, 6) is 0. The van der Waals surface area contributed by atoms with E-state index in [9.17, 15) is 9.59 Å². The minimum atomic E-state index is -0.257. The molecule has 2 N–H and O–H groups in total. The molecule has 0 unspecified atom stereocenters. The SMILES string of the molecule is CCCC[C@H](CN(C=O)OCc1ccccc1)NC(=O)NCc1cccc2ccccc12. The first kappa shape index (κ1) is 23.3. The lowest BCUT2D eigenvalue weighted by Crippen LogP contribution is -2.47. The summed E-state index contributed by atoms with van der Waals surface area (Å²) in [7, 11) is 0. The van der Waals surface area contributed by atoms with Crippen LogP contribution in [0.2, 0.25) is 0 Å². The molecule has 0 saturated heterocycles. The van der Waals surface area contributed by atoms with Gasteiger partial charge in [0.1, 0.15) is 6.61 Å². The molecule has 6 nitrogen and oxygen atoms in total. The van der Waals surface area contributed by atoms with Gasteiger partial charge in [0.05, 0.1) is 12.6 Å². The highest BCUT2D eigenvalue weighted by atomic mass is 16.7. The number of hydrogen-bond acceptors (Lipinski definition) is 3. The van der Waals surface area contributed by atoms with Gasteiger partial charge in [0, 0.05) is 6.54 Å². The summed E-state index contributed by atoms with van der Waals surface area (Å²) < 4.78 is 0. The molecule has 0 spiro atoms. The molecule has 0 saturated carbocycles. The predicted molar refractivity (Wildman–Crippen MR) is 127 cm³/mol. The summed E-state index contributed by atoms with van der Waals surface area (Å²) in [6, 6.07) is 23.4. The Balaban J connectivity index is 1.55. The maximum Gasteiger partial charge on any atom is 0.315 e. The molecule has 0 aliphatic heterocycles. The van der Waals surface area contributed by atoms with Gasteiger partial charge in [0.2, 0.25) is 6.41 Å². The van der Waals surface area contributed by atoms with Crippen LogP contribution >= 0.6 is 0 Å². The molecule has 0 heterocycles. The van der Waals surface area contributed by atoms with Crippen molar-refractivity contribution in [1.29, 1.82) is 0 Å². The molecule has 3 rings (SSSR count). The van der Waals surface area contributed by atoms with Gasteiger partial charge in [-0.15, -0.1) is 0 Å². The molecule has 168 valence electrons. The number of urea groups is 1. The molecule has 0 aliphatic rings. The van der Waals surface area contributed by atoms with Gasteiger partial charge >= 0.3 is 6.03 Å². The molecule has 0 fully saturated rings. The van der Waals surface area contributed by atoms with E-state index in [4.69, 9.17) is 4.84 Å². The molecule has 3 aromatic rings. The van der Waals surface area contributed by atoms with Gasteiger partial charge in [-0.2, -0.15) is 0 Å². The van der Waals surface area contributed by atoms with Crippen LogP contribution < -0.4 is 10.6 Å². The minimum Gasteiger partial charge on any atom is -0.334 e. The van der Waals surface area contributed by atoms with Crippen LogP contribution in [-0.4, -0.2) is 30.1 Å². The largest absolute Gasteiger partial charge is 0.334 e. The number of carbonyl (C=O) groups is 2. The Morgan fingerprint density at radius 2 is 1.78 bits per heavy atom. The number of fused-ring (bicyclic) bond motifs is 1. The molecule has 3 amide bonds. The van der Waals surface area contributed by atoms with E-state index in [0.29, 0.717) is 19.6 Å². The Morgan fingerprint density at radius 1 is 1.03 bits per heavy atom. The molecule has 0 aromatic heterocycles. The third kappa shape index (κ3) is 7.10. The van der Waals surface area contributed by atoms with Crippen LogP contribution in [0.25, 0.3) is 10.8 Å². The molecule has 0 radical (unpaired) electrons. The van der Waals surface area contributed by atoms with Crippen LogP contribution in [0.15, 0.2) is 72.8 Å². The minimum absolute atomic E-state index is 0.205. The van der Waals surface area contributed by atoms with Crippen molar-refractivity contribution in [1.82, 2.24) is 15.7 Å². The van der Waals surface area contributed by atoms with Crippen molar-refractivity contribution < 1.29 is 14.4 Å². The van der Waals surface area contributed by atoms with E-state index >= 15 is 0 Å². The second kappa shape index (κ2) is 12.5. The number of nitrogens with zero attached hydrogens (tertiary/aromatic N) is 1. The van der Waals surface area contributed by atoms with E-state index in [-0.39, 0.29) is 18.6 Å². The topological polar surface area (TPSA) is 70.7 Å². The van der Waals surface area contributed by atoms with Crippen LogP contribution in [0.3, 0.4) is 0 Å². The van der Waals surface area contributed by atoms with Crippen LogP contribution in [0.1, 0.15) is 37.3 Å². The smallest absolute Gasteiger partial charge is 0.315 e. The van der Waals surface area contributed by atoms with Gasteiger partial charge in [-0.25, -0.2) is 9.86 Å². The van der Waals surface area contributed by atoms with E-state index in [1.807, 2.05) is 54.6 Å². The summed E-state index contributed by atoms with van der Waals surface area (Å²) >= 11 is 0. The first-order chi connectivity index (χ1) is 15.7. The molecular weight excluding hydrogens is 402 g/mol. The maximum atomic E-state index is 12.6. The van der Waals surface area contributed by atoms with E-state index in [0.717, 1.165) is 41.2 Å². The quantitative estimate of drug-likeness (QED) is 0.319. The van der Waals surface area contributed by atoms with Crippen molar-refractivity contribution in [2.24, 2.45) is 0 Å². The zero-order valence-corrected chi connectivity index (χ0v) is 18.5. The number of benzene rings is 3. The van der Waals surface area contributed by atoms with Crippen molar-refractivity contribution in [3.63, 3.8) is 0 Å². The fourth-order valence-corrected chi connectivity index (χ4v) is 3.59. The van der Waals surface area contributed by atoms with E-state index in [2.05, 4.69) is 35.8 Å². The second-order valence-electron chi connectivity index (χ2n) is 7.77. The second-order valence-corrected chi connectivity index (χ2v) is 7.77. The summed E-state index contributed by atoms with van der Waals surface area (Å²) in [5.41, 5.74) is 2.04. The van der Waals surface area contributed by atoms with Crippen LogP contribution in [-0.2, 0) is 22.8 Å². The number of unbranched alkanes of at least 4 members (excludes halogenated alkanes) is 1. The summed E-state index contributed by atoms with van der Waals surface area (Å²) in [6.45, 7) is 3.11. The van der Waals surface area contributed by atoms with Crippen LogP contribution in [0, 0.1) is 0 Å². The van der Waals surface area contributed by atoms with Gasteiger partial charge in [-0.05, 0) is 28.3 Å². The van der Waals surface area contributed by atoms with Crippen molar-refractivity contribution in [2.45, 2.75) is 45.4 Å². The number of amides is 3. The maximum absolute atomic E-state index is 12.6. The number of nitrogens with one attached hydrogen (secondary N) is 2. The molecule has 32 heavy (non-hydrogen) atoms. The number of hydrogen-bond donors (Lipinski definition) is 2. The standard InChI is InChI=1S/C26H31N3O3/c1-2-3-15-24(18-29(20-30)32-19-21-10-5-4-6-11-21)28-26(31)27-17-23-14-9-13-22-12-7-8-16-25(22)23/h4-14,16,20,24H,2-3,15,17-19H2,1H3,(H2,27,28,31)/t24-/m1/s1. The van der Waals surface area contributed by atoms with Crippen molar-refractivity contribution >= 4 is 23.2 Å². The van der Waals surface area contributed by atoms with Crippen molar-refractivity contribution in [3.8, 4) is 0 Å². The summed E-state index contributed by atoms with van der Waals surface area (Å²) in [6.07, 6.45) is 3.37. The molecule has 0 aliphatic carbocycles.